The summed E-state index contributed by atoms with van der Waals surface area (Å²) >= 11 is 7.53. The van der Waals surface area contributed by atoms with E-state index in [1.807, 2.05) is 107 Å². The summed E-state index contributed by atoms with van der Waals surface area (Å²) in [5.74, 6) is 0.229. The molecule has 0 bridgehead atoms. The summed E-state index contributed by atoms with van der Waals surface area (Å²) in [5, 5.41) is 14.8. The number of methoxy groups -OCH3 is 1. The van der Waals surface area contributed by atoms with Crippen LogP contribution in [0.15, 0.2) is 113 Å². The normalized spacial score (nSPS) is 17.8. The molecule has 0 N–H and O–H groups in total. The molecule has 4 aromatic carbocycles. The van der Waals surface area contributed by atoms with Crippen LogP contribution in [0.3, 0.4) is 0 Å². The second-order valence-electron chi connectivity index (χ2n) is 8.99. The van der Waals surface area contributed by atoms with E-state index in [1.165, 1.54) is 11.8 Å². The van der Waals surface area contributed by atoms with Crippen LogP contribution in [0.5, 0.6) is 5.75 Å². The number of anilines is 2. The van der Waals surface area contributed by atoms with Crippen LogP contribution in [0.25, 0.3) is 0 Å². The van der Waals surface area contributed by atoms with Crippen molar-refractivity contribution in [3.8, 4) is 5.75 Å². The maximum Gasteiger partial charge on any atom is 0.365 e. The van der Waals surface area contributed by atoms with Gasteiger partial charge in [-0.25, -0.2) is 14.8 Å². The van der Waals surface area contributed by atoms with Gasteiger partial charge in [0.1, 0.15) is 5.75 Å². The van der Waals surface area contributed by atoms with Gasteiger partial charge < -0.3 is 9.47 Å². The zero-order valence-electron chi connectivity index (χ0n) is 21.8. The molecule has 1 spiro atoms. The molecule has 2 aliphatic rings. The van der Waals surface area contributed by atoms with Crippen molar-refractivity contribution in [3.05, 3.63) is 125 Å². The summed E-state index contributed by atoms with van der Waals surface area (Å²) in [6.45, 7) is 2.02. The topological polar surface area (TPSA) is 66.7 Å². The first-order valence-electron chi connectivity index (χ1n) is 12.7. The third-order valence-electron chi connectivity index (χ3n) is 6.62. The highest BCUT2D eigenvalue weighted by Crippen LogP contribution is 2.55. The Labute approximate surface area is 241 Å². The van der Waals surface area contributed by atoms with Gasteiger partial charge in [-0.1, -0.05) is 66.2 Å². The molecule has 0 radical (unpaired) electrons. The Morgan fingerprint density at radius 3 is 2.20 bits per heavy atom. The third kappa shape index (κ3) is 4.39. The number of carbonyl (C=O) groups excluding carboxylic acids is 1. The van der Waals surface area contributed by atoms with E-state index >= 15 is 0 Å². The van der Waals surface area contributed by atoms with Gasteiger partial charge in [-0.3, -0.25) is 0 Å². The fraction of sp³-hybridized carbons (Fsp3) is 0.129. The lowest BCUT2D eigenvalue weighted by Crippen LogP contribution is -2.54. The molecule has 0 fully saturated rings. The largest absolute Gasteiger partial charge is 0.497 e. The van der Waals surface area contributed by atoms with Crippen LogP contribution >= 0.6 is 23.4 Å². The van der Waals surface area contributed by atoms with Gasteiger partial charge in [0.15, 0.2) is 0 Å². The standard InChI is InChI=1S/C31H25ClN4O3S/c1-3-39-30(37)29-34-36(24-17-19-25(38-2)20-18-24)31(40-29)27-12-8-7-11-26(27)28(21-13-15-22(32)16-14-21)33-35(31)23-9-5-4-6-10-23/h4-20H,3H2,1-2H3/t31-/m0/s1. The number of hydrazone groups is 2. The third-order valence-corrected chi connectivity index (χ3v) is 8.17. The molecule has 6 rings (SSSR count). The number of benzene rings is 4. The van der Waals surface area contributed by atoms with Crippen molar-refractivity contribution >= 4 is 51.5 Å². The number of esters is 1. The lowest BCUT2D eigenvalue weighted by molar-refractivity contribution is -0.134. The van der Waals surface area contributed by atoms with Crippen LogP contribution in [-0.4, -0.2) is 30.4 Å². The fourth-order valence-electron chi connectivity index (χ4n) is 4.82. The van der Waals surface area contributed by atoms with Crippen LogP contribution in [0.4, 0.5) is 11.4 Å². The second-order valence-corrected chi connectivity index (χ2v) is 10.6. The molecular weight excluding hydrogens is 544 g/mol. The van der Waals surface area contributed by atoms with Crippen molar-refractivity contribution in [2.24, 2.45) is 10.2 Å². The van der Waals surface area contributed by atoms with E-state index in [4.69, 9.17) is 31.3 Å². The van der Waals surface area contributed by atoms with Gasteiger partial charge in [0.05, 0.1) is 30.8 Å². The Kier molecular flexibility index (Phi) is 6.96. The number of thioether (sulfide) groups is 1. The summed E-state index contributed by atoms with van der Waals surface area (Å²) in [4.78, 5) is 12.1. The molecule has 200 valence electrons. The van der Waals surface area contributed by atoms with E-state index < -0.39 is 11.0 Å². The summed E-state index contributed by atoms with van der Waals surface area (Å²) in [6.07, 6.45) is 0. The molecule has 9 heteroatoms. The molecule has 7 nitrogen and oxygen atoms in total. The van der Waals surface area contributed by atoms with Gasteiger partial charge in [-0.05, 0) is 67.2 Å². The molecule has 0 unspecified atom stereocenters. The molecule has 40 heavy (non-hydrogen) atoms. The molecule has 4 aromatic rings. The lowest BCUT2D eigenvalue weighted by atomic mass is 9.93. The number of hydrogen-bond acceptors (Lipinski definition) is 8. The van der Waals surface area contributed by atoms with Crippen LogP contribution in [0, 0.1) is 0 Å². The number of nitrogens with zero attached hydrogens (tertiary/aromatic N) is 4. The first kappa shape index (κ1) is 26.0. The molecule has 0 aliphatic carbocycles. The highest BCUT2D eigenvalue weighted by molar-refractivity contribution is 8.16. The zero-order valence-corrected chi connectivity index (χ0v) is 23.4. The molecular formula is C31H25ClN4O3S. The van der Waals surface area contributed by atoms with Crippen molar-refractivity contribution in [1.29, 1.82) is 0 Å². The average molecular weight is 569 g/mol. The van der Waals surface area contributed by atoms with Gasteiger partial charge in [-0.15, -0.1) is 0 Å². The first-order valence-corrected chi connectivity index (χ1v) is 13.9. The summed E-state index contributed by atoms with van der Waals surface area (Å²) in [6, 6.07) is 33.2. The molecule has 0 aromatic heterocycles. The Morgan fingerprint density at radius 2 is 1.50 bits per heavy atom. The number of hydrogen-bond donors (Lipinski definition) is 0. The van der Waals surface area contributed by atoms with Gasteiger partial charge in [0.25, 0.3) is 0 Å². The van der Waals surface area contributed by atoms with Gasteiger partial charge >= 0.3 is 5.97 Å². The van der Waals surface area contributed by atoms with Crippen molar-refractivity contribution in [3.63, 3.8) is 0 Å². The number of para-hydroxylation sites is 1. The maximum atomic E-state index is 13.1. The Bertz CT molecular complexity index is 1610. The van der Waals surface area contributed by atoms with E-state index in [0.717, 1.165) is 33.8 Å². The Morgan fingerprint density at radius 1 is 0.850 bits per heavy atom. The minimum absolute atomic E-state index is 0.235. The monoisotopic (exact) mass is 568 g/mol. The van der Waals surface area contributed by atoms with Crippen LogP contribution in [0.1, 0.15) is 23.6 Å². The predicted octanol–water partition coefficient (Wildman–Crippen LogP) is 6.86. The number of ether oxygens (including phenoxy) is 2. The summed E-state index contributed by atoms with van der Waals surface area (Å²) in [5.41, 5.74) is 5.12. The van der Waals surface area contributed by atoms with Gasteiger partial charge in [0, 0.05) is 21.7 Å². The first-order chi connectivity index (χ1) is 19.5. The highest BCUT2D eigenvalue weighted by Gasteiger charge is 2.56. The molecule has 2 heterocycles. The van der Waals surface area contributed by atoms with Crippen molar-refractivity contribution < 1.29 is 14.3 Å². The van der Waals surface area contributed by atoms with Crippen molar-refractivity contribution in [2.45, 2.75) is 11.9 Å². The van der Waals surface area contributed by atoms with Gasteiger partial charge in [-0.2, -0.15) is 10.2 Å². The molecule has 1 atom stereocenters. The van der Waals surface area contributed by atoms with Crippen LogP contribution in [0.2, 0.25) is 5.02 Å². The van der Waals surface area contributed by atoms with Crippen molar-refractivity contribution in [1.82, 2.24) is 0 Å². The molecule has 0 saturated carbocycles. The van der Waals surface area contributed by atoms with E-state index in [1.54, 1.807) is 14.0 Å². The highest BCUT2D eigenvalue weighted by atomic mass is 35.5. The van der Waals surface area contributed by atoms with Crippen LogP contribution in [-0.2, 0) is 14.5 Å². The summed E-state index contributed by atoms with van der Waals surface area (Å²) in [7, 11) is 1.63. The zero-order chi connectivity index (χ0) is 27.7. The second kappa shape index (κ2) is 10.7. The predicted molar refractivity (Wildman–Crippen MR) is 161 cm³/mol. The fourth-order valence-corrected chi connectivity index (χ4v) is 6.24. The quantitative estimate of drug-likeness (QED) is 0.237. The maximum absolute atomic E-state index is 13.1. The Balaban J connectivity index is 1.63. The Hall–Kier alpha value is -4.27. The lowest BCUT2D eigenvalue weighted by Gasteiger charge is -2.47. The minimum Gasteiger partial charge on any atom is -0.497 e. The summed E-state index contributed by atoms with van der Waals surface area (Å²) < 4.78 is 10.8. The minimum atomic E-state index is -1.08. The smallest absolute Gasteiger partial charge is 0.365 e. The SMILES string of the molecule is CCOC(=O)C1=NN(c2ccc(OC)cc2)[C@]2(S1)c1ccccc1C(c1ccc(Cl)cc1)=NN2c1ccccc1. The van der Waals surface area contributed by atoms with Crippen LogP contribution < -0.4 is 14.8 Å². The van der Waals surface area contributed by atoms with Gasteiger partial charge in [0.2, 0.25) is 10.0 Å². The van der Waals surface area contributed by atoms with E-state index in [0.29, 0.717) is 10.8 Å². The number of rotatable bonds is 6. The molecule has 0 saturated heterocycles. The van der Waals surface area contributed by atoms with E-state index in [-0.39, 0.29) is 11.7 Å². The molecule has 0 amide bonds. The molecule has 2 aliphatic heterocycles. The van der Waals surface area contributed by atoms with E-state index in [9.17, 15) is 4.79 Å². The van der Waals surface area contributed by atoms with E-state index in [2.05, 4.69) is 6.07 Å². The average Bonchev–Trinajstić information content (AvgIpc) is 3.40. The van der Waals surface area contributed by atoms with Crippen molar-refractivity contribution in [2.75, 3.05) is 23.7 Å². The number of fused-ring (bicyclic) bond motifs is 2. The number of halogens is 1. The number of carbonyl (C=O) groups is 1.